The number of methoxy groups -OCH3 is 1. The summed E-state index contributed by atoms with van der Waals surface area (Å²) in [5.74, 6) is 0.494. The summed E-state index contributed by atoms with van der Waals surface area (Å²) >= 11 is 3.12. The van der Waals surface area contributed by atoms with Crippen molar-refractivity contribution in [2.75, 3.05) is 29.5 Å². The molecular weight excluding hydrogens is 444 g/mol. The molecule has 2 N–H and O–H groups in total. The predicted octanol–water partition coefficient (Wildman–Crippen LogP) is 5.41. The number of nitrogens with one attached hydrogen (secondary N) is 2. The van der Waals surface area contributed by atoms with E-state index in [1.54, 1.807) is 23.3 Å². The van der Waals surface area contributed by atoms with Crippen LogP contribution in [0, 0.1) is 0 Å². The maximum absolute atomic E-state index is 12.5. The quantitative estimate of drug-likeness (QED) is 0.486. The van der Waals surface area contributed by atoms with Crippen LogP contribution in [0.4, 0.5) is 16.2 Å². The zero-order valence-electron chi connectivity index (χ0n) is 18.7. The minimum absolute atomic E-state index is 0.232. The number of nitrogens with zero attached hydrogens (tertiary/aromatic N) is 2. The third-order valence-electron chi connectivity index (χ3n) is 5.29. The van der Waals surface area contributed by atoms with Gasteiger partial charge in [-0.05, 0) is 35.7 Å². The normalized spacial score (nSPS) is 14.6. The van der Waals surface area contributed by atoms with E-state index < -0.39 is 6.03 Å². The van der Waals surface area contributed by atoms with E-state index in [9.17, 15) is 9.59 Å². The molecule has 32 heavy (non-hydrogen) atoms. The van der Waals surface area contributed by atoms with Gasteiger partial charge in [-0.2, -0.15) is 0 Å². The SMILES string of the molecule is COc1c(-c2nc3cc(NSC)ccc3s2)cc(N2CCC(=O)NC2=O)cc1C(C)(C)C. The zero-order chi connectivity index (χ0) is 23.0. The zero-order valence-corrected chi connectivity index (χ0v) is 20.4. The van der Waals surface area contributed by atoms with Crippen LogP contribution < -0.4 is 19.7 Å². The molecule has 7 nitrogen and oxygen atoms in total. The van der Waals surface area contributed by atoms with Crippen molar-refractivity contribution in [3.63, 3.8) is 0 Å². The maximum atomic E-state index is 12.5. The highest BCUT2D eigenvalue weighted by atomic mass is 32.2. The number of anilines is 2. The Morgan fingerprint density at radius 3 is 2.66 bits per heavy atom. The largest absolute Gasteiger partial charge is 0.496 e. The molecule has 168 valence electrons. The van der Waals surface area contributed by atoms with Crippen molar-refractivity contribution in [3.05, 3.63) is 35.9 Å². The molecule has 1 aliphatic rings. The third kappa shape index (κ3) is 4.27. The van der Waals surface area contributed by atoms with Crippen LogP contribution >= 0.6 is 23.3 Å². The Kier molecular flexibility index (Phi) is 6.05. The van der Waals surface area contributed by atoms with Crippen LogP contribution in [0.15, 0.2) is 30.3 Å². The molecule has 0 spiro atoms. The molecule has 4 rings (SSSR count). The minimum atomic E-state index is -0.408. The van der Waals surface area contributed by atoms with Gasteiger partial charge < -0.3 is 9.46 Å². The van der Waals surface area contributed by atoms with Gasteiger partial charge in [0.15, 0.2) is 0 Å². The molecule has 1 fully saturated rings. The molecule has 3 amide bonds. The molecule has 0 bridgehead atoms. The summed E-state index contributed by atoms with van der Waals surface area (Å²) in [4.78, 5) is 30.7. The van der Waals surface area contributed by atoms with Crippen molar-refractivity contribution in [2.45, 2.75) is 32.6 Å². The number of ether oxygens (including phenoxy) is 1. The maximum Gasteiger partial charge on any atom is 0.328 e. The number of urea groups is 1. The second-order valence-corrected chi connectivity index (χ2v) is 10.2. The van der Waals surface area contributed by atoms with Gasteiger partial charge in [0, 0.05) is 36.2 Å². The fourth-order valence-electron chi connectivity index (χ4n) is 3.74. The summed E-state index contributed by atoms with van der Waals surface area (Å²) < 4.78 is 10.2. The summed E-state index contributed by atoms with van der Waals surface area (Å²) in [5.41, 5.74) is 4.19. The average molecular weight is 471 g/mol. The Balaban J connectivity index is 1.89. The summed E-state index contributed by atoms with van der Waals surface area (Å²) in [6, 6.07) is 9.61. The first-order chi connectivity index (χ1) is 15.2. The summed E-state index contributed by atoms with van der Waals surface area (Å²) in [5, 5.41) is 3.23. The molecule has 3 aromatic rings. The van der Waals surface area contributed by atoms with Gasteiger partial charge in [-0.3, -0.25) is 15.0 Å². The monoisotopic (exact) mass is 470 g/mol. The second kappa shape index (κ2) is 8.63. The van der Waals surface area contributed by atoms with E-state index in [0.717, 1.165) is 43.5 Å². The Labute approximate surface area is 195 Å². The third-order valence-corrected chi connectivity index (χ3v) is 6.80. The van der Waals surface area contributed by atoms with Crippen LogP contribution in [-0.4, -0.2) is 36.8 Å². The predicted molar refractivity (Wildman–Crippen MR) is 133 cm³/mol. The molecule has 1 saturated heterocycles. The van der Waals surface area contributed by atoms with Crippen LogP contribution in [-0.2, 0) is 10.2 Å². The van der Waals surface area contributed by atoms with Gasteiger partial charge in [-0.25, -0.2) is 9.78 Å². The van der Waals surface area contributed by atoms with Crippen molar-refractivity contribution in [3.8, 4) is 16.3 Å². The molecule has 2 heterocycles. The topological polar surface area (TPSA) is 83.6 Å². The number of amides is 3. The van der Waals surface area contributed by atoms with Gasteiger partial charge in [-0.15, -0.1) is 11.3 Å². The fourth-order valence-corrected chi connectivity index (χ4v) is 5.06. The number of imide groups is 1. The van der Waals surface area contributed by atoms with Crippen LogP contribution in [0.2, 0.25) is 0 Å². The summed E-state index contributed by atoms with van der Waals surface area (Å²) in [6.45, 7) is 6.66. The van der Waals surface area contributed by atoms with E-state index in [2.05, 4.69) is 36.9 Å². The highest BCUT2D eigenvalue weighted by Crippen LogP contribution is 2.44. The van der Waals surface area contributed by atoms with Crippen molar-refractivity contribution < 1.29 is 14.3 Å². The van der Waals surface area contributed by atoms with Crippen molar-refractivity contribution in [1.82, 2.24) is 10.3 Å². The van der Waals surface area contributed by atoms with E-state index in [0.29, 0.717) is 6.54 Å². The highest BCUT2D eigenvalue weighted by molar-refractivity contribution is 7.99. The van der Waals surface area contributed by atoms with Crippen LogP contribution in [0.25, 0.3) is 20.8 Å². The Hall–Kier alpha value is -2.78. The lowest BCUT2D eigenvalue weighted by Crippen LogP contribution is -2.49. The van der Waals surface area contributed by atoms with Gasteiger partial charge in [0.05, 0.1) is 22.9 Å². The second-order valence-electron chi connectivity index (χ2n) is 8.59. The van der Waals surface area contributed by atoms with Crippen molar-refractivity contribution >= 4 is 56.8 Å². The van der Waals surface area contributed by atoms with Crippen LogP contribution in [0.3, 0.4) is 0 Å². The summed E-state index contributed by atoms with van der Waals surface area (Å²) in [7, 11) is 1.66. The van der Waals surface area contributed by atoms with Gasteiger partial charge in [0.2, 0.25) is 5.91 Å². The number of carbonyl (C=O) groups is 2. The first-order valence-corrected chi connectivity index (χ1v) is 12.3. The number of carbonyl (C=O) groups excluding carboxylic acids is 2. The number of thiazole rings is 1. The minimum Gasteiger partial charge on any atom is -0.496 e. The van der Waals surface area contributed by atoms with Gasteiger partial charge in [0.1, 0.15) is 10.8 Å². The molecule has 0 radical (unpaired) electrons. The Morgan fingerprint density at radius 2 is 2.00 bits per heavy atom. The molecular formula is C23H26N4O3S2. The Morgan fingerprint density at radius 1 is 1.22 bits per heavy atom. The Bertz CT molecular complexity index is 1200. The lowest BCUT2D eigenvalue weighted by Gasteiger charge is -2.30. The molecule has 2 aromatic carbocycles. The molecule has 0 unspecified atom stereocenters. The van der Waals surface area contributed by atoms with E-state index in [4.69, 9.17) is 9.72 Å². The number of aromatic nitrogens is 1. The molecule has 1 aliphatic heterocycles. The van der Waals surface area contributed by atoms with Gasteiger partial charge >= 0.3 is 6.03 Å². The number of benzene rings is 2. The van der Waals surface area contributed by atoms with Crippen LogP contribution in [0.5, 0.6) is 5.75 Å². The van der Waals surface area contributed by atoms with Crippen molar-refractivity contribution in [2.24, 2.45) is 0 Å². The van der Waals surface area contributed by atoms with E-state index in [-0.39, 0.29) is 17.7 Å². The van der Waals surface area contributed by atoms with Crippen LogP contribution in [0.1, 0.15) is 32.8 Å². The van der Waals surface area contributed by atoms with Crippen molar-refractivity contribution in [1.29, 1.82) is 0 Å². The van der Waals surface area contributed by atoms with Gasteiger partial charge in [-0.1, -0.05) is 32.7 Å². The standard InChI is InChI=1S/C23H26N4O3S2/c1-23(2,3)16-12-14(27-9-8-19(28)25-22(27)29)11-15(20(16)30-4)21-24-17-10-13(26-31-5)6-7-18(17)32-21/h6-7,10-12,26H,8-9H2,1-5H3,(H,25,28,29). The lowest BCUT2D eigenvalue weighted by atomic mass is 9.84. The number of rotatable bonds is 5. The smallest absolute Gasteiger partial charge is 0.328 e. The first-order valence-electron chi connectivity index (χ1n) is 10.2. The average Bonchev–Trinajstić information content (AvgIpc) is 3.15. The molecule has 9 heteroatoms. The first kappa shape index (κ1) is 22.4. The fraction of sp³-hybridized carbons (Fsp3) is 0.348. The molecule has 0 saturated carbocycles. The number of fused-ring (bicyclic) bond motifs is 1. The molecule has 0 aliphatic carbocycles. The summed E-state index contributed by atoms with van der Waals surface area (Å²) in [6.07, 6.45) is 2.25. The number of hydrogen-bond acceptors (Lipinski definition) is 7. The lowest BCUT2D eigenvalue weighted by molar-refractivity contribution is -0.120. The van der Waals surface area contributed by atoms with Gasteiger partial charge in [0.25, 0.3) is 0 Å². The molecule has 0 atom stereocenters. The van der Waals surface area contributed by atoms with E-state index in [1.807, 2.05) is 30.5 Å². The highest BCUT2D eigenvalue weighted by Gasteiger charge is 2.29. The van der Waals surface area contributed by atoms with E-state index >= 15 is 0 Å². The molecule has 1 aromatic heterocycles. The number of hydrogen-bond donors (Lipinski definition) is 2. The van der Waals surface area contributed by atoms with E-state index in [1.165, 1.54) is 11.9 Å².